The number of halogens is 2. The molecule has 8 nitrogen and oxygen atoms in total. The third-order valence-corrected chi connectivity index (χ3v) is 5.95. The van der Waals surface area contributed by atoms with E-state index in [0.29, 0.717) is 25.0 Å². The van der Waals surface area contributed by atoms with Gasteiger partial charge in [0.25, 0.3) is 5.69 Å². The Balaban J connectivity index is 1.85. The normalized spacial score (nSPS) is 17.4. The molecular formula is C18H19F2N3O5S. The van der Waals surface area contributed by atoms with E-state index in [-0.39, 0.29) is 11.7 Å². The van der Waals surface area contributed by atoms with E-state index in [2.05, 4.69) is 10.2 Å². The Morgan fingerprint density at radius 2 is 1.93 bits per heavy atom. The summed E-state index contributed by atoms with van der Waals surface area (Å²) in [5.41, 5.74) is 0.884. The minimum absolute atomic E-state index is 0.00398. The van der Waals surface area contributed by atoms with Crippen LogP contribution in [0, 0.1) is 10.1 Å². The predicted octanol–water partition coefficient (Wildman–Crippen LogP) is 3.56. The number of nitro groups is 1. The number of benzene rings is 2. The van der Waals surface area contributed by atoms with Gasteiger partial charge in [0.15, 0.2) is 0 Å². The molecule has 0 radical (unpaired) electrons. The molecule has 0 saturated carbocycles. The van der Waals surface area contributed by atoms with Crippen molar-refractivity contribution >= 4 is 32.6 Å². The van der Waals surface area contributed by atoms with E-state index in [4.69, 9.17) is 4.74 Å². The van der Waals surface area contributed by atoms with Gasteiger partial charge in [-0.1, -0.05) is 0 Å². The van der Waals surface area contributed by atoms with E-state index in [0.717, 1.165) is 24.4 Å². The largest absolute Gasteiger partial charge is 0.377 e. The van der Waals surface area contributed by atoms with Gasteiger partial charge in [0.05, 0.1) is 23.0 Å². The summed E-state index contributed by atoms with van der Waals surface area (Å²) in [6.07, 6.45) is 0. The van der Waals surface area contributed by atoms with Crippen LogP contribution in [0.4, 0.5) is 31.5 Å². The number of anilines is 3. The van der Waals surface area contributed by atoms with Gasteiger partial charge in [-0.2, -0.15) is 8.78 Å². The lowest BCUT2D eigenvalue weighted by Crippen LogP contribution is -2.43. The van der Waals surface area contributed by atoms with Crippen LogP contribution in [0.25, 0.3) is 0 Å². The number of sulfone groups is 1. The number of nitrogens with one attached hydrogen (secondary N) is 1. The third-order valence-electron chi connectivity index (χ3n) is 4.57. The van der Waals surface area contributed by atoms with E-state index in [1.165, 1.54) is 0 Å². The lowest BCUT2D eigenvalue weighted by Gasteiger charge is -2.35. The molecular weight excluding hydrogens is 408 g/mol. The highest BCUT2D eigenvalue weighted by atomic mass is 32.2. The summed E-state index contributed by atoms with van der Waals surface area (Å²) in [6.45, 7) is 4.05. The number of morpholine rings is 1. The Hall–Kier alpha value is -2.79. The first-order valence-electron chi connectivity index (χ1n) is 8.72. The second-order valence-electron chi connectivity index (χ2n) is 6.53. The highest BCUT2D eigenvalue weighted by molar-refractivity contribution is 7.91. The zero-order valence-corrected chi connectivity index (χ0v) is 16.2. The summed E-state index contributed by atoms with van der Waals surface area (Å²) in [5, 5.41) is 14.2. The molecule has 1 fully saturated rings. The zero-order valence-electron chi connectivity index (χ0n) is 15.4. The van der Waals surface area contributed by atoms with E-state index in [1.54, 1.807) is 12.1 Å². The van der Waals surface area contributed by atoms with Crippen LogP contribution in [0.2, 0.25) is 0 Å². The molecule has 1 saturated heterocycles. The molecule has 156 valence electrons. The van der Waals surface area contributed by atoms with Crippen molar-refractivity contribution in [3.63, 3.8) is 0 Å². The minimum Gasteiger partial charge on any atom is -0.377 e. The van der Waals surface area contributed by atoms with Gasteiger partial charge in [0, 0.05) is 30.0 Å². The second kappa shape index (κ2) is 8.29. The van der Waals surface area contributed by atoms with Crippen molar-refractivity contribution in [3.8, 4) is 0 Å². The Kier molecular flexibility index (Phi) is 5.99. The fraction of sp³-hybridized carbons (Fsp3) is 0.333. The van der Waals surface area contributed by atoms with Gasteiger partial charge in [-0.15, -0.1) is 0 Å². The van der Waals surface area contributed by atoms with Crippen LogP contribution in [0.1, 0.15) is 6.92 Å². The Morgan fingerprint density at radius 3 is 2.52 bits per heavy atom. The Bertz CT molecular complexity index is 999. The average molecular weight is 427 g/mol. The van der Waals surface area contributed by atoms with E-state index >= 15 is 0 Å². The molecule has 0 spiro atoms. The van der Waals surface area contributed by atoms with Crippen molar-refractivity contribution < 1.29 is 26.9 Å². The topological polar surface area (TPSA) is 102 Å². The van der Waals surface area contributed by atoms with Crippen molar-refractivity contribution in [1.82, 2.24) is 0 Å². The predicted molar refractivity (Wildman–Crippen MR) is 104 cm³/mol. The zero-order chi connectivity index (χ0) is 21.2. The van der Waals surface area contributed by atoms with Crippen LogP contribution in [0.5, 0.6) is 0 Å². The fourth-order valence-electron chi connectivity index (χ4n) is 3.05. The van der Waals surface area contributed by atoms with E-state index in [1.807, 2.05) is 19.1 Å². The number of rotatable bonds is 6. The van der Waals surface area contributed by atoms with Gasteiger partial charge in [0.1, 0.15) is 5.69 Å². The lowest BCUT2D eigenvalue weighted by molar-refractivity contribution is -0.384. The summed E-state index contributed by atoms with van der Waals surface area (Å²) in [4.78, 5) is 11.9. The van der Waals surface area contributed by atoms with Crippen LogP contribution in [0.3, 0.4) is 0 Å². The van der Waals surface area contributed by atoms with Gasteiger partial charge in [-0.05, 0) is 43.3 Å². The molecule has 2 aromatic rings. The standard InChI is InChI=1S/C18H19F2N3O5S/c1-12-11-28-9-8-22(12)14-4-2-13(3-5-14)21-16-7-6-15(10-17(16)23(24)25)29(26,27)18(19)20/h2-7,10,12,18,21H,8-9,11H2,1H3. The van der Waals surface area contributed by atoms with Crippen molar-refractivity contribution in [2.75, 3.05) is 30.0 Å². The molecule has 1 unspecified atom stereocenters. The molecule has 11 heteroatoms. The number of alkyl halides is 2. The Morgan fingerprint density at radius 1 is 1.24 bits per heavy atom. The molecule has 0 aromatic heterocycles. The Labute approximate surface area is 166 Å². The third kappa shape index (κ3) is 4.46. The maximum absolute atomic E-state index is 12.7. The SMILES string of the molecule is CC1COCCN1c1ccc(Nc2ccc(S(=O)(=O)C(F)F)cc2[N+](=O)[O-])cc1. The molecule has 1 aliphatic rings. The van der Waals surface area contributed by atoms with Crippen molar-refractivity contribution in [3.05, 3.63) is 52.6 Å². The summed E-state index contributed by atoms with van der Waals surface area (Å²) < 4.78 is 54.0. The molecule has 0 amide bonds. The number of ether oxygens (including phenoxy) is 1. The maximum Gasteiger partial charge on any atom is 0.341 e. The summed E-state index contributed by atoms with van der Waals surface area (Å²) in [6, 6.07) is 10.0. The monoisotopic (exact) mass is 427 g/mol. The summed E-state index contributed by atoms with van der Waals surface area (Å²) in [5.74, 6) is -3.66. The van der Waals surface area contributed by atoms with Gasteiger partial charge < -0.3 is 15.0 Å². The van der Waals surface area contributed by atoms with Crippen LogP contribution < -0.4 is 10.2 Å². The molecule has 29 heavy (non-hydrogen) atoms. The molecule has 0 aliphatic carbocycles. The van der Waals surface area contributed by atoms with Gasteiger partial charge >= 0.3 is 5.76 Å². The second-order valence-corrected chi connectivity index (χ2v) is 8.45. The number of nitro benzene ring substituents is 1. The first-order chi connectivity index (χ1) is 13.7. The highest BCUT2D eigenvalue weighted by Crippen LogP contribution is 2.32. The average Bonchev–Trinajstić information content (AvgIpc) is 2.69. The molecule has 1 N–H and O–H groups in total. The van der Waals surface area contributed by atoms with Crippen LogP contribution in [-0.2, 0) is 14.6 Å². The van der Waals surface area contributed by atoms with Gasteiger partial charge in [-0.25, -0.2) is 8.42 Å². The summed E-state index contributed by atoms with van der Waals surface area (Å²) in [7, 11) is -4.93. The van der Waals surface area contributed by atoms with Crippen LogP contribution in [0.15, 0.2) is 47.4 Å². The van der Waals surface area contributed by atoms with Gasteiger partial charge in [0.2, 0.25) is 9.84 Å². The number of hydrogen-bond acceptors (Lipinski definition) is 7. The van der Waals surface area contributed by atoms with Crippen molar-refractivity contribution in [1.29, 1.82) is 0 Å². The number of hydrogen-bond donors (Lipinski definition) is 1. The van der Waals surface area contributed by atoms with E-state index in [9.17, 15) is 27.3 Å². The summed E-state index contributed by atoms with van der Waals surface area (Å²) >= 11 is 0. The smallest absolute Gasteiger partial charge is 0.341 e. The lowest BCUT2D eigenvalue weighted by atomic mass is 10.2. The first kappa shape index (κ1) is 20.9. The molecule has 1 heterocycles. The molecule has 0 bridgehead atoms. The van der Waals surface area contributed by atoms with Crippen LogP contribution in [-0.4, -0.2) is 44.9 Å². The minimum atomic E-state index is -4.93. The van der Waals surface area contributed by atoms with Crippen molar-refractivity contribution in [2.45, 2.75) is 23.6 Å². The van der Waals surface area contributed by atoms with Crippen molar-refractivity contribution in [2.24, 2.45) is 0 Å². The molecule has 1 aliphatic heterocycles. The van der Waals surface area contributed by atoms with Crippen LogP contribution >= 0.6 is 0 Å². The quantitative estimate of drug-likeness (QED) is 0.555. The molecule has 3 rings (SSSR count). The molecule has 1 atom stereocenters. The van der Waals surface area contributed by atoms with E-state index < -0.39 is 31.1 Å². The number of nitrogens with zero attached hydrogens (tertiary/aromatic N) is 2. The molecule has 2 aromatic carbocycles. The maximum atomic E-state index is 12.7. The van der Waals surface area contributed by atoms with Gasteiger partial charge in [-0.3, -0.25) is 10.1 Å². The first-order valence-corrected chi connectivity index (χ1v) is 10.3. The highest BCUT2D eigenvalue weighted by Gasteiger charge is 2.29. The fourth-order valence-corrected chi connectivity index (χ4v) is 3.79.